The van der Waals surface area contributed by atoms with Gasteiger partial charge in [0.15, 0.2) is 5.78 Å². The summed E-state index contributed by atoms with van der Waals surface area (Å²) in [5, 5.41) is 11.1. The molecule has 0 saturated heterocycles. The van der Waals surface area contributed by atoms with Crippen molar-refractivity contribution in [2.45, 2.75) is 0 Å². The minimum Gasteiger partial charge on any atom is -0.345 e. The van der Waals surface area contributed by atoms with Gasteiger partial charge >= 0.3 is 5.69 Å². The standard InChI is InChI=1S/C14H6BrF2N3O3/c15-6-1-8-10(5-19-14(8)18-4-6)13(21)9-2-7(16)3-11(12(9)17)20(22)23/h1-5H,(H,18,19). The molecule has 9 heteroatoms. The first-order chi connectivity index (χ1) is 10.9. The number of carbonyl (C=O) groups is 1. The lowest BCUT2D eigenvalue weighted by Crippen LogP contribution is -2.07. The molecule has 0 amide bonds. The number of nitro groups is 1. The van der Waals surface area contributed by atoms with Gasteiger partial charge in [-0.3, -0.25) is 14.9 Å². The zero-order chi connectivity index (χ0) is 16.7. The van der Waals surface area contributed by atoms with Crippen molar-refractivity contribution in [3.05, 3.63) is 67.9 Å². The number of H-pyrrole nitrogens is 1. The van der Waals surface area contributed by atoms with Crippen LogP contribution >= 0.6 is 15.9 Å². The summed E-state index contributed by atoms with van der Waals surface area (Å²) >= 11 is 3.20. The Balaban J connectivity index is 2.20. The summed E-state index contributed by atoms with van der Waals surface area (Å²) in [6, 6.07) is 2.64. The zero-order valence-electron chi connectivity index (χ0n) is 11.1. The van der Waals surface area contributed by atoms with Crippen molar-refractivity contribution in [3.8, 4) is 0 Å². The van der Waals surface area contributed by atoms with Crippen LogP contribution in [-0.4, -0.2) is 20.7 Å². The van der Waals surface area contributed by atoms with E-state index in [4.69, 9.17) is 0 Å². The number of carbonyl (C=O) groups excluding carboxylic acids is 1. The first-order valence-corrected chi connectivity index (χ1v) is 6.98. The number of pyridine rings is 1. The number of nitro benzene ring substituents is 1. The average Bonchev–Trinajstić information content (AvgIpc) is 2.91. The summed E-state index contributed by atoms with van der Waals surface area (Å²) in [6.07, 6.45) is 2.79. The number of aromatic nitrogens is 2. The predicted octanol–water partition coefficient (Wildman–Crippen LogP) is 3.74. The number of hydrogen-bond acceptors (Lipinski definition) is 4. The number of aromatic amines is 1. The van der Waals surface area contributed by atoms with E-state index in [0.29, 0.717) is 27.6 Å². The Bertz CT molecular complexity index is 971. The van der Waals surface area contributed by atoms with Crippen LogP contribution in [0, 0.1) is 21.7 Å². The van der Waals surface area contributed by atoms with Crippen LogP contribution in [0.2, 0.25) is 0 Å². The van der Waals surface area contributed by atoms with E-state index in [1.54, 1.807) is 6.07 Å². The summed E-state index contributed by atoms with van der Waals surface area (Å²) in [5.74, 6) is -3.32. The first-order valence-electron chi connectivity index (χ1n) is 6.19. The monoisotopic (exact) mass is 381 g/mol. The van der Waals surface area contributed by atoms with Gasteiger partial charge in [0.05, 0.1) is 16.6 Å². The molecule has 0 aliphatic rings. The second kappa shape index (κ2) is 5.51. The van der Waals surface area contributed by atoms with Gasteiger partial charge < -0.3 is 4.98 Å². The molecule has 0 unspecified atom stereocenters. The van der Waals surface area contributed by atoms with Gasteiger partial charge in [-0.2, -0.15) is 4.39 Å². The Hall–Kier alpha value is -2.68. The maximum Gasteiger partial charge on any atom is 0.308 e. The van der Waals surface area contributed by atoms with Gasteiger partial charge in [0.1, 0.15) is 11.5 Å². The van der Waals surface area contributed by atoms with Crippen molar-refractivity contribution >= 4 is 38.4 Å². The maximum atomic E-state index is 14.2. The third-order valence-electron chi connectivity index (χ3n) is 3.20. The normalized spacial score (nSPS) is 10.9. The lowest BCUT2D eigenvalue weighted by atomic mass is 10.0. The van der Waals surface area contributed by atoms with E-state index in [2.05, 4.69) is 25.9 Å². The number of fused-ring (bicyclic) bond motifs is 1. The minimum absolute atomic E-state index is 0.0348. The molecule has 2 aromatic heterocycles. The summed E-state index contributed by atoms with van der Waals surface area (Å²) in [6.45, 7) is 0. The van der Waals surface area contributed by atoms with E-state index in [1.165, 1.54) is 12.4 Å². The van der Waals surface area contributed by atoms with Gasteiger partial charge in [0.25, 0.3) is 0 Å². The van der Waals surface area contributed by atoms with Crippen LogP contribution in [0.15, 0.2) is 35.1 Å². The summed E-state index contributed by atoms with van der Waals surface area (Å²) in [7, 11) is 0. The Labute approximate surface area is 135 Å². The van der Waals surface area contributed by atoms with E-state index in [-0.39, 0.29) is 5.56 Å². The van der Waals surface area contributed by atoms with Gasteiger partial charge in [-0.1, -0.05) is 0 Å². The van der Waals surface area contributed by atoms with Crippen molar-refractivity contribution in [1.29, 1.82) is 0 Å². The van der Waals surface area contributed by atoms with Crippen LogP contribution < -0.4 is 0 Å². The highest BCUT2D eigenvalue weighted by Crippen LogP contribution is 2.27. The third-order valence-corrected chi connectivity index (χ3v) is 3.64. The number of nitrogens with one attached hydrogen (secondary N) is 1. The molecule has 2 heterocycles. The molecule has 0 bridgehead atoms. The summed E-state index contributed by atoms with van der Waals surface area (Å²) in [4.78, 5) is 28.9. The van der Waals surface area contributed by atoms with Crippen molar-refractivity contribution in [2.24, 2.45) is 0 Å². The predicted molar refractivity (Wildman–Crippen MR) is 80.2 cm³/mol. The van der Waals surface area contributed by atoms with E-state index < -0.39 is 33.6 Å². The molecule has 3 rings (SSSR count). The molecule has 0 radical (unpaired) electrons. The second-order valence-electron chi connectivity index (χ2n) is 4.62. The van der Waals surface area contributed by atoms with Crippen LogP contribution in [0.5, 0.6) is 0 Å². The van der Waals surface area contributed by atoms with Gasteiger partial charge in [-0.05, 0) is 28.1 Å². The molecule has 6 nitrogen and oxygen atoms in total. The highest BCUT2D eigenvalue weighted by atomic mass is 79.9. The summed E-state index contributed by atoms with van der Waals surface area (Å²) < 4.78 is 28.2. The lowest BCUT2D eigenvalue weighted by Gasteiger charge is -2.03. The molecule has 0 aliphatic carbocycles. The topological polar surface area (TPSA) is 88.9 Å². The summed E-state index contributed by atoms with van der Waals surface area (Å²) in [5.41, 5.74) is -1.39. The number of rotatable bonds is 3. The molecule has 0 atom stereocenters. The van der Waals surface area contributed by atoms with Crippen molar-refractivity contribution in [3.63, 3.8) is 0 Å². The third kappa shape index (κ3) is 2.59. The Morgan fingerprint density at radius 2 is 2.00 bits per heavy atom. The van der Waals surface area contributed by atoms with Crippen molar-refractivity contribution < 1.29 is 18.5 Å². The van der Waals surface area contributed by atoms with Crippen LogP contribution in [0.4, 0.5) is 14.5 Å². The minimum atomic E-state index is -1.38. The van der Waals surface area contributed by atoms with Crippen LogP contribution in [0.25, 0.3) is 11.0 Å². The molecule has 0 fully saturated rings. The number of hydrogen-bond donors (Lipinski definition) is 1. The lowest BCUT2D eigenvalue weighted by molar-refractivity contribution is -0.387. The van der Waals surface area contributed by atoms with Gasteiger partial charge in [0.2, 0.25) is 5.82 Å². The quantitative estimate of drug-likeness (QED) is 0.425. The highest BCUT2D eigenvalue weighted by Gasteiger charge is 2.26. The second-order valence-corrected chi connectivity index (χ2v) is 5.54. The molecular formula is C14H6BrF2N3O3. The molecular weight excluding hydrogens is 376 g/mol. The maximum absolute atomic E-state index is 14.2. The number of nitrogens with zero attached hydrogens (tertiary/aromatic N) is 2. The fourth-order valence-electron chi connectivity index (χ4n) is 2.18. The molecule has 116 valence electrons. The van der Waals surface area contributed by atoms with Gasteiger partial charge in [0, 0.05) is 27.8 Å². The van der Waals surface area contributed by atoms with Crippen LogP contribution in [0.3, 0.4) is 0 Å². The number of ketones is 1. The largest absolute Gasteiger partial charge is 0.345 e. The Morgan fingerprint density at radius 3 is 2.70 bits per heavy atom. The molecule has 0 aliphatic heterocycles. The Kier molecular flexibility index (Phi) is 3.64. The SMILES string of the molecule is O=C(c1cc(F)cc([N+](=O)[O-])c1F)c1c[nH]c2ncc(Br)cc12. The van der Waals surface area contributed by atoms with E-state index in [9.17, 15) is 23.7 Å². The molecule has 3 aromatic rings. The molecule has 1 N–H and O–H groups in total. The van der Waals surface area contributed by atoms with E-state index in [1.807, 2.05) is 0 Å². The average molecular weight is 382 g/mol. The zero-order valence-corrected chi connectivity index (χ0v) is 12.7. The van der Waals surface area contributed by atoms with Crippen LogP contribution in [-0.2, 0) is 0 Å². The van der Waals surface area contributed by atoms with Gasteiger partial charge in [-0.25, -0.2) is 9.37 Å². The molecule has 1 aromatic carbocycles. The fourth-order valence-corrected chi connectivity index (χ4v) is 2.52. The molecule has 23 heavy (non-hydrogen) atoms. The smallest absolute Gasteiger partial charge is 0.308 e. The molecule has 0 spiro atoms. The fraction of sp³-hybridized carbons (Fsp3) is 0. The first kappa shape index (κ1) is 15.2. The van der Waals surface area contributed by atoms with E-state index >= 15 is 0 Å². The molecule has 0 saturated carbocycles. The van der Waals surface area contributed by atoms with Gasteiger partial charge in [-0.15, -0.1) is 0 Å². The Morgan fingerprint density at radius 1 is 1.26 bits per heavy atom. The number of benzene rings is 1. The van der Waals surface area contributed by atoms with Crippen molar-refractivity contribution in [1.82, 2.24) is 9.97 Å². The number of halogens is 3. The van der Waals surface area contributed by atoms with E-state index in [0.717, 1.165) is 0 Å². The highest BCUT2D eigenvalue weighted by molar-refractivity contribution is 9.10. The van der Waals surface area contributed by atoms with Crippen molar-refractivity contribution in [2.75, 3.05) is 0 Å². The van der Waals surface area contributed by atoms with Crippen LogP contribution in [0.1, 0.15) is 15.9 Å².